The zero-order valence-electron chi connectivity index (χ0n) is 9.21. The van der Waals surface area contributed by atoms with Gasteiger partial charge in [-0.15, -0.1) is 10.2 Å². The van der Waals surface area contributed by atoms with Crippen LogP contribution in [0.3, 0.4) is 0 Å². The van der Waals surface area contributed by atoms with E-state index in [-0.39, 0.29) is 6.61 Å². The predicted octanol–water partition coefficient (Wildman–Crippen LogP) is 1.39. The molecule has 5 nitrogen and oxygen atoms in total. The molecule has 0 aliphatic rings. The lowest BCUT2D eigenvalue weighted by atomic mass is 10.1. The zero-order valence-corrected chi connectivity index (χ0v) is 9.21. The van der Waals surface area contributed by atoms with Gasteiger partial charge in [-0.05, 0) is 30.2 Å². The van der Waals surface area contributed by atoms with Gasteiger partial charge in [0.25, 0.3) is 0 Å². The van der Waals surface area contributed by atoms with E-state index in [0.717, 1.165) is 5.56 Å². The van der Waals surface area contributed by atoms with Crippen LogP contribution in [0.15, 0.2) is 36.4 Å². The number of rotatable bonds is 4. The van der Waals surface area contributed by atoms with Crippen LogP contribution in [0.2, 0.25) is 0 Å². The second-order valence-electron chi connectivity index (χ2n) is 3.52. The summed E-state index contributed by atoms with van der Waals surface area (Å²) in [6.07, 6.45) is 0.641. The topological polar surface area (TPSA) is 81.3 Å². The Balaban J connectivity index is 2.05. The molecule has 1 aromatic heterocycles. The number of hydrogen-bond acceptors (Lipinski definition) is 5. The van der Waals surface area contributed by atoms with E-state index in [4.69, 9.17) is 15.6 Å². The fourth-order valence-corrected chi connectivity index (χ4v) is 1.36. The molecule has 88 valence electrons. The van der Waals surface area contributed by atoms with E-state index >= 15 is 0 Å². The minimum Gasteiger partial charge on any atom is -0.438 e. The number of nitrogens with zero attached hydrogens (tertiary/aromatic N) is 2. The van der Waals surface area contributed by atoms with Crippen LogP contribution in [-0.4, -0.2) is 21.9 Å². The van der Waals surface area contributed by atoms with Crippen LogP contribution >= 0.6 is 0 Å². The summed E-state index contributed by atoms with van der Waals surface area (Å²) in [5.74, 6) is 1.43. The molecule has 0 atom stereocenters. The van der Waals surface area contributed by atoms with Crippen LogP contribution < -0.4 is 10.5 Å². The third-order valence-electron chi connectivity index (χ3n) is 2.21. The Bertz CT molecular complexity index is 468. The van der Waals surface area contributed by atoms with Crippen LogP contribution in [0.4, 0.5) is 5.82 Å². The minimum atomic E-state index is 0.143. The summed E-state index contributed by atoms with van der Waals surface area (Å²) in [6, 6.07) is 10.7. The number of ether oxygens (including phenoxy) is 1. The van der Waals surface area contributed by atoms with E-state index in [1.54, 1.807) is 12.1 Å². The molecule has 5 heteroatoms. The van der Waals surface area contributed by atoms with Gasteiger partial charge in [0.1, 0.15) is 11.6 Å². The number of hydrogen-bond donors (Lipinski definition) is 2. The van der Waals surface area contributed by atoms with Crippen LogP contribution in [0, 0.1) is 0 Å². The van der Waals surface area contributed by atoms with E-state index < -0.39 is 0 Å². The fourth-order valence-electron chi connectivity index (χ4n) is 1.36. The van der Waals surface area contributed by atoms with Crippen molar-refractivity contribution in [2.45, 2.75) is 6.42 Å². The standard InChI is InChI=1S/C12H13N3O2/c13-11-5-6-12(15-14-11)17-10-3-1-9(2-4-10)7-8-16/h1-6,16H,7-8H2,(H2,13,14). The molecule has 0 spiro atoms. The van der Waals surface area contributed by atoms with Crippen LogP contribution in [0.5, 0.6) is 11.6 Å². The molecule has 0 unspecified atom stereocenters. The Morgan fingerprint density at radius 1 is 1.06 bits per heavy atom. The Morgan fingerprint density at radius 3 is 2.41 bits per heavy atom. The van der Waals surface area contributed by atoms with Gasteiger partial charge in [0, 0.05) is 12.7 Å². The lowest BCUT2D eigenvalue weighted by Gasteiger charge is -2.04. The van der Waals surface area contributed by atoms with E-state index in [2.05, 4.69) is 10.2 Å². The number of nitrogen functional groups attached to an aromatic ring is 1. The van der Waals surface area contributed by atoms with Crippen molar-refractivity contribution >= 4 is 5.82 Å². The Kier molecular flexibility index (Phi) is 3.52. The van der Waals surface area contributed by atoms with Gasteiger partial charge in [0.15, 0.2) is 0 Å². The van der Waals surface area contributed by atoms with Crippen molar-refractivity contribution in [1.82, 2.24) is 10.2 Å². The Hall–Kier alpha value is -2.14. The highest BCUT2D eigenvalue weighted by atomic mass is 16.5. The molecule has 1 aromatic carbocycles. The van der Waals surface area contributed by atoms with Crippen molar-refractivity contribution in [3.05, 3.63) is 42.0 Å². The highest BCUT2D eigenvalue weighted by Gasteiger charge is 1.99. The van der Waals surface area contributed by atoms with Crippen LogP contribution in [0.25, 0.3) is 0 Å². The van der Waals surface area contributed by atoms with Crippen LogP contribution in [0.1, 0.15) is 5.56 Å². The highest BCUT2D eigenvalue weighted by molar-refractivity contribution is 5.32. The molecule has 0 aliphatic heterocycles. The summed E-state index contributed by atoms with van der Waals surface area (Å²) in [7, 11) is 0. The number of benzene rings is 1. The number of nitrogens with two attached hydrogens (primary N) is 1. The Morgan fingerprint density at radius 2 is 1.82 bits per heavy atom. The van der Waals surface area contributed by atoms with E-state index in [0.29, 0.717) is 23.9 Å². The van der Waals surface area contributed by atoms with Crippen LogP contribution in [-0.2, 0) is 6.42 Å². The Labute approximate surface area is 98.9 Å². The maximum absolute atomic E-state index is 8.79. The van der Waals surface area contributed by atoms with Crippen molar-refractivity contribution in [2.24, 2.45) is 0 Å². The molecule has 1 heterocycles. The quantitative estimate of drug-likeness (QED) is 0.830. The second kappa shape index (κ2) is 5.27. The third-order valence-corrected chi connectivity index (χ3v) is 2.21. The molecule has 0 bridgehead atoms. The monoisotopic (exact) mass is 231 g/mol. The van der Waals surface area contributed by atoms with Gasteiger partial charge in [-0.1, -0.05) is 12.1 Å². The summed E-state index contributed by atoms with van der Waals surface area (Å²) in [4.78, 5) is 0. The second-order valence-corrected chi connectivity index (χ2v) is 3.52. The third kappa shape index (κ3) is 3.15. The van der Waals surface area contributed by atoms with E-state index in [9.17, 15) is 0 Å². The SMILES string of the molecule is Nc1ccc(Oc2ccc(CCO)cc2)nn1. The summed E-state index contributed by atoms with van der Waals surface area (Å²) in [5.41, 5.74) is 6.48. The van der Waals surface area contributed by atoms with Crippen molar-refractivity contribution < 1.29 is 9.84 Å². The number of aliphatic hydroxyl groups excluding tert-OH is 1. The largest absolute Gasteiger partial charge is 0.438 e. The van der Waals surface area contributed by atoms with Gasteiger partial charge in [-0.3, -0.25) is 0 Å². The lowest BCUT2D eigenvalue weighted by molar-refractivity contribution is 0.299. The first-order valence-electron chi connectivity index (χ1n) is 5.25. The molecule has 0 saturated heterocycles. The maximum atomic E-state index is 8.79. The summed E-state index contributed by atoms with van der Waals surface area (Å²) in [5, 5.41) is 16.3. The normalized spacial score (nSPS) is 10.2. The molecule has 0 aliphatic carbocycles. The molecule has 2 aromatic rings. The van der Waals surface area contributed by atoms with Gasteiger partial charge in [-0.25, -0.2) is 0 Å². The minimum absolute atomic E-state index is 0.143. The van der Waals surface area contributed by atoms with Crippen molar-refractivity contribution in [2.75, 3.05) is 12.3 Å². The van der Waals surface area contributed by atoms with Crippen molar-refractivity contribution in [1.29, 1.82) is 0 Å². The maximum Gasteiger partial charge on any atom is 0.238 e. The van der Waals surface area contributed by atoms with E-state index in [1.807, 2.05) is 24.3 Å². The first kappa shape index (κ1) is 11.3. The molecule has 17 heavy (non-hydrogen) atoms. The van der Waals surface area contributed by atoms with E-state index in [1.165, 1.54) is 0 Å². The molecule has 0 fully saturated rings. The smallest absolute Gasteiger partial charge is 0.238 e. The molecule has 0 radical (unpaired) electrons. The summed E-state index contributed by atoms with van der Waals surface area (Å²) in [6.45, 7) is 0.143. The average Bonchev–Trinajstić information content (AvgIpc) is 2.35. The number of anilines is 1. The van der Waals surface area contributed by atoms with Crippen molar-refractivity contribution in [3.63, 3.8) is 0 Å². The number of aliphatic hydroxyl groups is 1. The average molecular weight is 231 g/mol. The van der Waals surface area contributed by atoms with Gasteiger partial charge >= 0.3 is 0 Å². The van der Waals surface area contributed by atoms with Gasteiger partial charge in [0.2, 0.25) is 5.88 Å². The predicted molar refractivity (Wildman–Crippen MR) is 63.8 cm³/mol. The molecule has 2 rings (SSSR count). The molecular weight excluding hydrogens is 218 g/mol. The van der Waals surface area contributed by atoms with Gasteiger partial charge in [-0.2, -0.15) is 0 Å². The number of aromatic nitrogens is 2. The molecule has 0 amide bonds. The first-order chi connectivity index (χ1) is 8.28. The molecular formula is C12H13N3O2. The van der Waals surface area contributed by atoms with Crippen molar-refractivity contribution in [3.8, 4) is 11.6 Å². The fraction of sp³-hybridized carbons (Fsp3) is 0.167. The lowest BCUT2D eigenvalue weighted by Crippen LogP contribution is -1.95. The summed E-state index contributed by atoms with van der Waals surface area (Å²) < 4.78 is 5.47. The van der Waals surface area contributed by atoms with Gasteiger partial charge < -0.3 is 15.6 Å². The first-order valence-corrected chi connectivity index (χ1v) is 5.25. The summed E-state index contributed by atoms with van der Waals surface area (Å²) >= 11 is 0. The molecule has 0 saturated carbocycles. The molecule has 3 N–H and O–H groups in total. The highest BCUT2D eigenvalue weighted by Crippen LogP contribution is 2.19. The zero-order chi connectivity index (χ0) is 12.1. The van der Waals surface area contributed by atoms with Gasteiger partial charge in [0.05, 0.1) is 0 Å².